The van der Waals surface area contributed by atoms with Gasteiger partial charge in [-0.2, -0.15) is 5.10 Å². The van der Waals surface area contributed by atoms with Gasteiger partial charge < -0.3 is 9.72 Å². The first-order chi connectivity index (χ1) is 15.8. The van der Waals surface area contributed by atoms with E-state index in [0.717, 1.165) is 10.7 Å². The molecule has 0 saturated carbocycles. The maximum absolute atomic E-state index is 12.9. The highest BCUT2D eigenvalue weighted by Crippen LogP contribution is 2.33. The summed E-state index contributed by atoms with van der Waals surface area (Å²) in [4.78, 5) is 32.8. The lowest BCUT2D eigenvalue weighted by molar-refractivity contribution is -0.274. The van der Waals surface area contributed by atoms with Gasteiger partial charge in [0, 0.05) is 16.9 Å². The molecule has 0 bridgehead atoms. The molecule has 178 valence electrons. The largest absolute Gasteiger partial charge is 0.573 e. The average Bonchev–Trinajstić information content (AvgIpc) is 3.10. The molecule has 2 aromatic carbocycles. The fraction of sp³-hybridized carbons (Fsp3) is 0.304. The predicted octanol–water partition coefficient (Wildman–Crippen LogP) is 5.03. The molecule has 4 aromatic rings. The second-order valence-electron chi connectivity index (χ2n) is 8.84. The molecule has 2 heterocycles. The van der Waals surface area contributed by atoms with Gasteiger partial charge in [-0.15, -0.1) is 13.2 Å². The Morgan fingerprint density at radius 2 is 1.82 bits per heavy atom. The molecule has 0 fully saturated rings. The number of rotatable bonds is 5. The van der Waals surface area contributed by atoms with Crippen molar-refractivity contribution in [3.63, 3.8) is 0 Å². The van der Waals surface area contributed by atoms with E-state index in [9.17, 15) is 22.8 Å². The van der Waals surface area contributed by atoms with Gasteiger partial charge >= 0.3 is 6.36 Å². The van der Waals surface area contributed by atoms with E-state index in [1.54, 1.807) is 45.0 Å². The van der Waals surface area contributed by atoms with Gasteiger partial charge in [-0.05, 0) is 12.1 Å². The Hall–Kier alpha value is -3.40. The number of alkyl halides is 3. The van der Waals surface area contributed by atoms with Crippen LogP contribution >= 0.6 is 11.6 Å². The van der Waals surface area contributed by atoms with Gasteiger partial charge in [0.05, 0.1) is 33.6 Å². The van der Waals surface area contributed by atoms with Crippen LogP contribution in [0.4, 0.5) is 13.2 Å². The quantitative estimate of drug-likeness (QED) is 0.422. The summed E-state index contributed by atoms with van der Waals surface area (Å²) in [7, 11) is 0. The highest BCUT2D eigenvalue weighted by atomic mass is 35.5. The number of hydrogen-bond acceptors (Lipinski definition) is 5. The first-order valence-electron chi connectivity index (χ1n) is 10.3. The van der Waals surface area contributed by atoms with E-state index in [0.29, 0.717) is 27.8 Å². The minimum Gasteiger partial charge on any atom is -0.404 e. The number of aromatic amines is 1. The lowest BCUT2D eigenvalue weighted by atomic mass is 9.91. The highest BCUT2D eigenvalue weighted by Gasteiger charge is 2.32. The number of carbonyl (C=O) groups excluding carboxylic acids is 1. The molecule has 4 rings (SSSR count). The molecular weight excluding hydrogens is 473 g/mol. The Morgan fingerprint density at radius 1 is 1.15 bits per heavy atom. The van der Waals surface area contributed by atoms with Crippen LogP contribution in [0.2, 0.25) is 5.02 Å². The molecule has 0 amide bonds. The molecule has 11 heteroatoms. The summed E-state index contributed by atoms with van der Waals surface area (Å²) in [6.07, 6.45) is -4.76. The minimum atomic E-state index is -4.89. The van der Waals surface area contributed by atoms with Crippen LogP contribution in [0, 0.1) is 5.41 Å². The number of H-pyrrole nitrogens is 1. The predicted molar refractivity (Wildman–Crippen MR) is 121 cm³/mol. The van der Waals surface area contributed by atoms with Gasteiger partial charge in [0.1, 0.15) is 18.1 Å². The van der Waals surface area contributed by atoms with Crippen molar-refractivity contribution in [1.29, 1.82) is 0 Å². The standard InChI is InChI=1S/C23H20ClF3N4O3/c1-22(2,3)19(32)11-31-21(33)13-7-5-4-6-12(13)15(30-31)10-20-28-16-8-14(24)18(9-17(16)29-20)34-23(25,26)27/h4-9H,10-11H2,1-3H3,(H,28,29). The van der Waals surface area contributed by atoms with Gasteiger partial charge in [0.25, 0.3) is 5.56 Å². The molecule has 1 N–H and O–H groups in total. The summed E-state index contributed by atoms with van der Waals surface area (Å²) in [6.45, 7) is 5.10. The van der Waals surface area contributed by atoms with E-state index >= 15 is 0 Å². The molecule has 0 aliphatic heterocycles. The normalized spacial score (nSPS) is 12.4. The Labute approximate surface area is 196 Å². The van der Waals surface area contributed by atoms with Crippen molar-refractivity contribution >= 4 is 39.2 Å². The third-order valence-corrected chi connectivity index (χ3v) is 5.51. The minimum absolute atomic E-state index is 0.131. The molecule has 0 aliphatic carbocycles. The summed E-state index contributed by atoms with van der Waals surface area (Å²) in [6, 6.07) is 9.26. The molecular formula is C23H20ClF3N4O3. The maximum Gasteiger partial charge on any atom is 0.573 e. The topological polar surface area (TPSA) is 89.9 Å². The number of aromatic nitrogens is 4. The molecule has 7 nitrogen and oxygen atoms in total. The van der Waals surface area contributed by atoms with Crippen LogP contribution in [0.5, 0.6) is 5.75 Å². The fourth-order valence-electron chi connectivity index (χ4n) is 3.43. The average molecular weight is 493 g/mol. The van der Waals surface area contributed by atoms with Crippen molar-refractivity contribution in [2.45, 2.75) is 40.1 Å². The number of Topliss-reactive ketones (excluding diaryl/α,β-unsaturated/α-hetero) is 1. The summed E-state index contributed by atoms with van der Waals surface area (Å²) in [5.74, 6) is -0.323. The smallest absolute Gasteiger partial charge is 0.404 e. The number of ketones is 1. The van der Waals surface area contributed by atoms with Crippen LogP contribution in [0.25, 0.3) is 21.8 Å². The summed E-state index contributed by atoms with van der Waals surface area (Å²) in [5, 5.41) is 5.19. The number of imidazole rings is 1. The van der Waals surface area contributed by atoms with E-state index in [1.165, 1.54) is 6.07 Å². The molecule has 0 atom stereocenters. The third kappa shape index (κ3) is 4.91. The molecule has 0 radical (unpaired) electrons. The summed E-state index contributed by atoms with van der Waals surface area (Å²) in [5.41, 5.74) is 0.0755. The number of nitrogens with zero attached hydrogens (tertiary/aromatic N) is 3. The Balaban J connectivity index is 1.76. The number of ether oxygens (including phenoxy) is 1. The lowest BCUT2D eigenvalue weighted by Crippen LogP contribution is -2.33. The van der Waals surface area contributed by atoms with Crippen molar-refractivity contribution in [2.75, 3.05) is 0 Å². The van der Waals surface area contributed by atoms with E-state index in [2.05, 4.69) is 19.8 Å². The van der Waals surface area contributed by atoms with Crippen molar-refractivity contribution in [1.82, 2.24) is 19.7 Å². The SMILES string of the molecule is CC(C)(C)C(=O)Cn1nc(Cc2nc3cc(OC(F)(F)F)c(Cl)cc3[nH]2)c2ccccc2c1=O. The molecule has 0 saturated heterocycles. The second-order valence-corrected chi connectivity index (χ2v) is 9.24. The zero-order valence-corrected chi connectivity index (χ0v) is 19.2. The van der Waals surface area contributed by atoms with Crippen molar-refractivity contribution < 1.29 is 22.7 Å². The zero-order chi connectivity index (χ0) is 24.8. The number of fused-ring (bicyclic) bond motifs is 2. The monoisotopic (exact) mass is 492 g/mol. The van der Waals surface area contributed by atoms with Crippen LogP contribution in [0.1, 0.15) is 32.3 Å². The van der Waals surface area contributed by atoms with Crippen LogP contribution in [-0.2, 0) is 17.8 Å². The maximum atomic E-state index is 12.9. The first-order valence-corrected chi connectivity index (χ1v) is 10.7. The Morgan fingerprint density at radius 3 is 2.47 bits per heavy atom. The fourth-order valence-corrected chi connectivity index (χ4v) is 3.63. The number of carbonyl (C=O) groups is 1. The summed E-state index contributed by atoms with van der Waals surface area (Å²) < 4.78 is 43.0. The van der Waals surface area contributed by atoms with Gasteiger partial charge in [0.2, 0.25) is 0 Å². The van der Waals surface area contributed by atoms with Crippen LogP contribution in [0.3, 0.4) is 0 Å². The molecule has 2 aromatic heterocycles. The van der Waals surface area contributed by atoms with E-state index in [-0.39, 0.29) is 34.8 Å². The third-order valence-electron chi connectivity index (χ3n) is 5.22. The second kappa shape index (κ2) is 8.43. The van der Waals surface area contributed by atoms with Crippen LogP contribution < -0.4 is 10.3 Å². The lowest BCUT2D eigenvalue weighted by Gasteiger charge is -2.17. The Kier molecular flexibility index (Phi) is 5.89. The van der Waals surface area contributed by atoms with E-state index < -0.39 is 17.5 Å². The van der Waals surface area contributed by atoms with Crippen molar-refractivity contribution in [3.8, 4) is 5.75 Å². The summed E-state index contributed by atoms with van der Waals surface area (Å²) >= 11 is 5.93. The highest BCUT2D eigenvalue weighted by molar-refractivity contribution is 6.32. The van der Waals surface area contributed by atoms with Crippen molar-refractivity contribution in [2.24, 2.45) is 5.41 Å². The van der Waals surface area contributed by atoms with Crippen LogP contribution in [-0.4, -0.2) is 31.9 Å². The zero-order valence-electron chi connectivity index (χ0n) is 18.5. The van der Waals surface area contributed by atoms with Gasteiger partial charge in [-0.3, -0.25) is 9.59 Å². The van der Waals surface area contributed by atoms with E-state index in [1.807, 2.05) is 0 Å². The van der Waals surface area contributed by atoms with Crippen LogP contribution in [0.15, 0.2) is 41.2 Å². The van der Waals surface area contributed by atoms with Gasteiger partial charge in [0.15, 0.2) is 5.78 Å². The number of nitrogens with one attached hydrogen (secondary N) is 1. The van der Waals surface area contributed by atoms with Gasteiger partial charge in [-0.1, -0.05) is 50.6 Å². The van der Waals surface area contributed by atoms with Gasteiger partial charge in [-0.25, -0.2) is 9.67 Å². The number of benzene rings is 2. The van der Waals surface area contributed by atoms with E-state index in [4.69, 9.17) is 11.6 Å². The molecule has 0 spiro atoms. The van der Waals surface area contributed by atoms with Crippen molar-refractivity contribution in [3.05, 3.63) is 63.3 Å². The first kappa shape index (κ1) is 23.7. The molecule has 0 aliphatic rings. The molecule has 34 heavy (non-hydrogen) atoms. The number of halogens is 4. The Bertz CT molecular complexity index is 1470. The number of hydrogen-bond donors (Lipinski definition) is 1. The molecule has 0 unspecified atom stereocenters.